The highest BCUT2D eigenvalue weighted by Crippen LogP contribution is 2.30. The highest BCUT2D eigenvalue weighted by Gasteiger charge is 2.07. The van der Waals surface area contributed by atoms with Crippen molar-refractivity contribution in [1.82, 2.24) is 4.98 Å². The summed E-state index contributed by atoms with van der Waals surface area (Å²) < 4.78 is 13.5. The second-order valence-corrected chi connectivity index (χ2v) is 4.98. The zero-order valence-electron chi connectivity index (χ0n) is 10.8. The van der Waals surface area contributed by atoms with Gasteiger partial charge in [-0.2, -0.15) is 0 Å². The first kappa shape index (κ1) is 12.9. The maximum Gasteiger partial charge on any atom is 0.124 e. The van der Waals surface area contributed by atoms with Crippen LogP contribution in [0.1, 0.15) is 5.69 Å². The fraction of sp³-hybridized carbons (Fsp3) is 0.0625. The molecule has 0 aliphatic carbocycles. The van der Waals surface area contributed by atoms with E-state index in [1.807, 2.05) is 31.2 Å². The first-order valence-corrected chi connectivity index (χ1v) is 6.60. The molecule has 0 aliphatic heterocycles. The smallest absolute Gasteiger partial charge is 0.124 e. The van der Waals surface area contributed by atoms with Crippen molar-refractivity contribution < 1.29 is 4.39 Å². The van der Waals surface area contributed by atoms with Gasteiger partial charge in [-0.05, 0) is 43.3 Å². The molecule has 0 aliphatic rings. The number of hydrogen-bond acceptors (Lipinski definition) is 2. The zero-order chi connectivity index (χ0) is 14.1. The van der Waals surface area contributed by atoms with E-state index in [0.29, 0.717) is 5.02 Å². The molecule has 3 aromatic rings. The van der Waals surface area contributed by atoms with Gasteiger partial charge in [-0.25, -0.2) is 4.39 Å². The lowest BCUT2D eigenvalue weighted by molar-refractivity contribution is 0.629. The number of rotatable bonds is 2. The largest absolute Gasteiger partial charge is 0.354 e. The van der Waals surface area contributed by atoms with E-state index in [2.05, 4.69) is 10.3 Å². The Balaban J connectivity index is 2.15. The van der Waals surface area contributed by atoms with Crippen LogP contribution in [0.2, 0.25) is 5.02 Å². The van der Waals surface area contributed by atoms with Crippen molar-refractivity contribution in [3.63, 3.8) is 0 Å². The Labute approximate surface area is 121 Å². The zero-order valence-corrected chi connectivity index (χ0v) is 11.6. The third kappa shape index (κ3) is 2.45. The van der Waals surface area contributed by atoms with Gasteiger partial charge in [-0.15, -0.1) is 0 Å². The van der Waals surface area contributed by atoms with Crippen molar-refractivity contribution in [3.8, 4) is 0 Å². The van der Waals surface area contributed by atoms with Crippen LogP contribution < -0.4 is 5.32 Å². The number of aromatic nitrogens is 1. The molecule has 0 spiro atoms. The minimum Gasteiger partial charge on any atom is -0.354 e. The number of fused-ring (bicyclic) bond motifs is 1. The number of anilines is 2. The molecular formula is C16H12ClFN2. The van der Waals surface area contributed by atoms with Crippen LogP contribution in [0.5, 0.6) is 0 Å². The molecule has 20 heavy (non-hydrogen) atoms. The molecule has 1 aromatic heterocycles. The van der Waals surface area contributed by atoms with Crippen molar-refractivity contribution in [2.24, 2.45) is 0 Å². The number of pyridine rings is 1. The van der Waals surface area contributed by atoms with E-state index in [0.717, 1.165) is 28.0 Å². The summed E-state index contributed by atoms with van der Waals surface area (Å²) in [5.41, 5.74) is 3.19. The number of halogens is 2. The van der Waals surface area contributed by atoms with E-state index in [1.165, 1.54) is 12.1 Å². The maximum absolute atomic E-state index is 13.5. The molecule has 2 nitrogen and oxygen atoms in total. The summed E-state index contributed by atoms with van der Waals surface area (Å²) in [6.07, 6.45) is 0. The minimum atomic E-state index is -0.287. The van der Waals surface area contributed by atoms with Crippen LogP contribution in [0.15, 0.2) is 48.5 Å². The summed E-state index contributed by atoms with van der Waals surface area (Å²) >= 11 is 6.14. The van der Waals surface area contributed by atoms with Gasteiger partial charge in [0.1, 0.15) is 5.82 Å². The lowest BCUT2D eigenvalue weighted by Crippen LogP contribution is -1.95. The second kappa shape index (κ2) is 5.10. The van der Waals surface area contributed by atoms with Crippen molar-refractivity contribution in [1.29, 1.82) is 0 Å². The van der Waals surface area contributed by atoms with Crippen LogP contribution in [-0.2, 0) is 0 Å². The summed E-state index contributed by atoms with van der Waals surface area (Å²) in [7, 11) is 0. The molecule has 1 N–H and O–H groups in total. The fourth-order valence-electron chi connectivity index (χ4n) is 2.14. The highest BCUT2D eigenvalue weighted by atomic mass is 35.5. The topological polar surface area (TPSA) is 24.9 Å². The molecule has 0 radical (unpaired) electrons. The summed E-state index contributed by atoms with van der Waals surface area (Å²) in [6.45, 7) is 1.90. The number of nitrogens with one attached hydrogen (secondary N) is 1. The molecule has 100 valence electrons. The van der Waals surface area contributed by atoms with Crippen LogP contribution in [0.4, 0.5) is 15.8 Å². The van der Waals surface area contributed by atoms with Gasteiger partial charge < -0.3 is 5.32 Å². The Morgan fingerprint density at radius 1 is 1.05 bits per heavy atom. The first-order valence-electron chi connectivity index (χ1n) is 6.22. The first-order chi connectivity index (χ1) is 9.63. The van der Waals surface area contributed by atoms with Crippen molar-refractivity contribution in [2.75, 3.05) is 5.32 Å². The standard InChI is InChI=1S/C16H12ClFN2/c1-10-8-16(20-15-5-3-2-4-13(15)17)12-9-11(18)6-7-14(12)19-10/h2-9H,1H3,(H,19,20). The molecule has 0 unspecified atom stereocenters. The van der Waals surface area contributed by atoms with E-state index in [1.54, 1.807) is 12.1 Å². The van der Waals surface area contributed by atoms with Crippen molar-refractivity contribution >= 4 is 33.9 Å². The fourth-order valence-corrected chi connectivity index (χ4v) is 2.32. The number of hydrogen-bond donors (Lipinski definition) is 1. The minimum absolute atomic E-state index is 0.287. The van der Waals surface area contributed by atoms with Crippen molar-refractivity contribution in [3.05, 3.63) is 65.1 Å². The molecule has 0 saturated carbocycles. The molecule has 0 amide bonds. The Kier molecular flexibility index (Phi) is 3.28. The molecular weight excluding hydrogens is 275 g/mol. The van der Waals surface area contributed by atoms with E-state index < -0.39 is 0 Å². The third-order valence-electron chi connectivity index (χ3n) is 3.04. The van der Waals surface area contributed by atoms with E-state index in [-0.39, 0.29) is 5.82 Å². The summed E-state index contributed by atoms with van der Waals surface area (Å²) in [5, 5.41) is 4.59. The lowest BCUT2D eigenvalue weighted by atomic mass is 10.1. The summed E-state index contributed by atoms with van der Waals surface area (Å²) in [4.78, 5) is 4.40. The Morgan fingerprint density at radius 3 is 2.65 bits per heavy atom. The normalized spacial score (nSPS) is 10.8. The lowest BCUT2D eigenvalue weighted by Gasteiger charge is -2.12. The quantitative estimate of drug-likeness (QED) is 0.710. The molecule has 0 saturated heterocycles. The van der Waals surface area contributed by atoms with Gasteiger partial charge in [0.15, 0.2) is 0 Å². The van der Waals surface area contributed by atoms with E-state index >= 15 is 0 Å². The molecule has 0 atom stereocenters. The number of nitrogens with zero attached hydrogens (tertiary/aromatic N) is 1. The van der Waals surface area contributed by atoms with E-state index in [4.69, 9.17) is 11.6 Å². The number of para-hydroxylation sites is 1. The molecule has 0 bridgehead atoms. The molecule has 2 aromatic carbocycles. The van der Waals surface area contributed by atoms with Gasteiger partial charge in [-0.1, -0.05) is 23.7 Å². The number of benzene rings is 2. The summed E-state index contributed by atoms with van der Waals surface area (Å²) in [6, 6.07) is 13.9. The monoisotopic (exact) mass is 286 g/mol. The highest BCUT2D eigenvalue weighted by molar-refractivity contribution is 6.33. The predicted molar refractivity (Wildman–Crippen MR) is 81.2 cm³/mol. The van der Waals surface area contributed by atoms with Gasteiger partial charge >= 0.3 is 0 Å². The van der Waals surface area contributed by atoms with Crippen LogP contribution in [0, 0.1) is 12.7 Å². The van der Waals surface area contributed by atoms with Crippen molar-refractivity contribution in [2.45, 2.75) is 6.92 Å². The van der Waals surface area contributed by atoms with Gasteiger partial charge in [0, 0.05) is 16.8 Å². The Morgan fingerprint density at radius 2 is 1.85 bits per heavy atom. The van der Waals surface area contributed by atoms with Crippen LogP contribution in [0.25, 0.3) is 10.9 Å². The second-order valence-electron chi connectivity index (χ2n) is 4.58. The number of aryl methyl sites for hydroxylation is 1. The molecule has 3 rings (SSSR count). The van der Waals surface area contributed by atoms with Crippen LogP contribution >= 0.6 is 11.6 Å². The van der Waals surface area contributed by atoms with Gasteiger partial charge in [-0.3, -0.25) is 4.98 Å². The molecule has 0 fully saturated rings. The average molecular weight is 287 g/mol. The Bertz CT molecular complexity index is 787. The van der Waals surface area contributed by atoms with Gasteiger partial charge in [0.2, 0.25) is 0 Å². The summed E-state index contributed by atoms with van der Waals surface area (Å²) in [5.74, 6) is -0.287. The van der Waals surface area contributed by atoms with Gasteiger partial charge in [0.05, 0.1) is 16.2 Å². The predicted octanol–water partition coefficient (Wildman–Crippen LogP) is 5.08. The van der Waals surface area contributed by atoms with Crippen LogP contribution in [-0.4, -0.2) is 4.98 Å². The Hall–Kier alpha value is -2.13. The average Bonchev–Trinajstić information content (AvgIpc) is 2.42. The third-order valence-corrected chi connectivity index (χ3v) is 3.37. The SMILES string of the molecule is Cc1cc(Nc2ccccc2Cl)c2cc(F)ccc2n1. The van der Waals surface area contributed by atoms with Crippen LogP contribution in [0.3, 0.4) is 0 Å². The maximum atomic E-state index is 13.5. The van der Waals surface area contributed by atoms with Gasteiger partial charge in [0.25, 0.3) is 0 Å². The molecule has 1 heterocycles. The van der Waals surface area contributed by atoms with E-state index in [9.17, 15) is 4.39 Å². The molecule has 4 heteroatoms.